The summed E-state index contributed by atoms with van der Waals surface area (Å²) in [5, 5.41) is 0. The quantitative estimate of drug-likeness (QED) is 0.285. The van der Waals surface area contributed by atoms with Crippen molar-refractivity contribution in [2.45, 2.75) is 0 Å². The average molecular weight is 130 g/mol. The van der Waals surface area contributed by atoms with Crippen molar-refractivity contribution in [2.75, 3.05) is 0 Å². The molecule has 0 bridgehead atoms. The van der Waals surface area contributed by atoms with Gasteiger partial charge in [0.2, 0.25) is 0 Å². The van der Waals surface area contributed by atoms with Crippen molar-refractivity contribution in [3.8, 4) is 0 Å². The zero-order chi connectivity index (χ0) is 3.58. The Morgan fingerprint density at radius 2 is 2.00 bits per heavy atom. The van der Waals surface area contributed by atoms with Gasteiger partial charge in [-0.05, 0) is 0 Å². The highest BCUT2D eigenvalue weighted by atomic mass is 33.4. The first kappa shape index (κ1) is 5.43. The molecule has 0 aromatic rings. The highest BCUT2D eigenvalue weighted by molar-refractivity contribution is 8.89. The fourth-order valence-corrected chi connectivity index (χ4v) is 0. The second-order valence-corrected chi connectivity index (χ2v) is 8.49. The van der Waals surface area contributed by atoms with E-state index in [0.29, 0.717) is 0 Å². The molecule has 2 unspecified atom stereocenters. The zero-order valence-corrected chi connectivity index (χ0v) is 5.80. The average Bonchev–Trinajstić information content (AvgIpc) is 0.811. The van der Waals surface area contributed by atoms with Crippen LogP contribution < -0.4 is 0 Å². The Bertz CT molecular complexity index is 27.0. The molecule has 0 spiro atoms. The van der Waals surface area contributed by atoms with E-state index < -0.39 is 0 Å². The summed E-state index contributed by atoms with van der Waals surface area (Å²) in [5.74, 6) is 0. The van der Waals surface area contributed by atoms with Crippen LogP contribution in [0.5, 0.6) is 0 Å². The van der Waals surface area contributed by atoms with Crippen LogP contribution in [0.15, 0.2) is 0 Å². The summed E-state index contributed by atoms with van der Waals surface area (Å²) in [6.45, 7) is 0. The lowest BCUT2D eigenvalue weighted by atomic mass is 30.0. The molecule has 0 amide bonds. The lowest BCUT2D eigenvalue weighted by Crippen LogP contribution is -1.24. The largest absolute Gasteiger partial charge is 0.110 e. The minimum Gasteiger partial charge on any atom is -0.110 e. The molecule has 0 rings (SSSR count). The van der Waals surface area contributed by atoms with Crippen LogP contribution in [0.3, 0.4) is 0 Å². The van der Waals surface area contributed by atoms with E-state index >= 15 is 0 Å². The van der Waals surface area contributed by atoms with Crippen molar-refractivity contribution in [3.63, 3.8) is 0 Å². The van der Waals surface area contributed by atoms with Crippen molar-refractivity contribution in [1.82, 2.24) is 0 Å². The van der Waals surface area contributed by atoms with E-state index in [-0.39, 0.29) is 8.72 Å². The molecule has 0 aliphatic rings. The molecule has 0 aliphatic heterocycles. The fraction of sp³-hybridized carbons (Fsp3) is 0. The van der Waals surface area contributed by atoms with Gasteiger partial charge in [0, 0.05) is 0 Å². The molecule has 0 aliphatic carbocycles. The summed E-state index contributed by atoms with van der Waals surface area (Å²) >= 11 is 3.87. The molecule has 2 atom stereocenters. The van der Waals surface area contributed by atoms with Gasteiger partial charge in [-0.15, -0.1) is 11.7 Å². The van der Waals surface area contributed by atoms with Crippen molar-refractivity contribution in [2.24, 2.45) is 0 Å². The third-order valence-corrected chi connectivity index (χ3v) is 0. The fourth-order valence-electron chi connectivity index (χ4n) is 0. The Labute approximate surface area is 37.3 Å². The Hall–Kier alpha value is 1.43. The molecular weight excluding hydrogens is 126 g/mol. The molecule has 4 heteroatoms. The molecule has 4 heavy (non-hydrogen) atoms. The highest BCUT2D eigenvalue weighted by Gasteiger charge is 1.49. The number of rotatable bonds is 0. The maximum absolute atomic E-state index is 3.87. The van der Waals surface area contributed by atoms with Gasteiger partial charge in [-0.25, -0.2) is 0 Å². The minimum absolute atomic E-state index is 0.0556. The van der Waals surface area contributed by atoms with Crippen LogP contribution in [-0.2, 0) is 8.72 Å². The molecule has 26 valence electrons. The standard InChI is InChI=1S/H4P2S2/c1-4(2)3/h1,3H,2H2. The van der Waals surface area contributed by atoms with Crippen molar-refractivity contribution >= 4 is 36.8 Å². The number of thiol groups is 1. The van der Waals surface area contributed by atoms with Crippen LogP contribution >= 0.6 is 28.1 Å². The summed E-state index contributed by atoms with van der Waals surface area (Å²) in [4.78, 5) is 0. The monoisotopic (exact) mass is 130 g/mol. The summed E-state index contributed by atoms with van der Waals surface area (Å²) in [7, 11) is 5.69. The van der Waals surface area contributed by atoms with Gasteiger partial charge in [0.25, 0.3) is 0 Å². The highest BCUT2D eigenvalue weighted by Crippen LogP contribution is 2.02. The SMILES string of the molecule is P=S(P)S. The van der Waals surface area contributed by atoms with Gasteiger partial charge >= 0.3 is 0 Å². The Morgan fingerprint density at radius 1 is 2.00 bits per heavy atom. The first-order chi connectivity index (χ1) is 1.73. The van der Waals surface area contributed by atoms with Gasteiger partial charge in [0.05, 0.1) is 0 Å². The molecule has 0 aromatic carbocycles. The summed E-state index contributed by atoms with van der Waals surface area (Å²) < 4.78 is 0. The van der Waals surface area contributed by atoms with E-state index in [1.165, 1.54) is 0 Å². The number of hydrogen-bond donors (Lipinski definition) is 1. The predicted molar refractivity (Wildman–Crippen MR) is 34.4 cm³/mol. The molecule has 0 saturated carbocycles. The predicted octanol–water partition coefficient (Wildman–Crippen LogP) is 1.30. The van der Waals surface area contributed by atoms with E-state index in [0.717, 1.165) is 0 Å². The first-order valence-corrected chi connectivity index (χ1v) is 5.60. The number of hydrogen-bond acceptors (Lipinski definition) is 0. The first-order valence-electron chi connectivity index (χ1n) is 0.622. The minimum atomic E-state index is 0.0556. The molecule has 0 radical (unpaired) electrons. The van der Waals surface area contributed by atoms with Crippen LogP contribution in [-0.4, -0.2) is 0 Å². The van der Waals surface area contributed by atoms with Crippen molar-refractivity contribution in [3.05, 3.63) is 0 Å². The molecule has 0 nitrogen and oxygen atoms in total. The zero-order valence-electron chi connectivity index (χ0n) is 1.93. The van der Waals surface area contributed by atoms with Gasteiger partial charge in [0.15, 0.2) is 0 Å². The van der Waals surface area contributed by atoms with Crippen molar-refractivity contribution in [1.29, 1.82) is 0 Å². The molecule has 0 fully saturated rings. The molecule has 0 aromatic heterocycles. The van der Waals surface area contributed by atoms with Gasteiger partial charge in [0.1, 0.15) is 0 Å². The topological polar surface area (TPSA) is 0 Å². The third-order valence-electron chi connectivity index (χ3n) is 0. The smallest absolute Gasteiger partial charge is 0.0676 e. The second-order valence-electron chi connectivity index (χ2n) is 0.315. The summed E-state index contributed by atoms with van der Waals surface area (Å²) in [6, 6.07) is 0. The van der Waals surface area contributed by atoms with E-state index in [1.54, 1.807) is 0 Å². The molecule has 0 N–H and O–H groups in total. The van der Waals surface area contributed by atoms with E-state index in [2.05, 4.69) is 28.1 Å². The van der Waals surface area contributed by atoms with Crippen LogP contribution in [0, 0.1) is 0 Å². The normalized spacial score (nSPS) is 15.5. The van der Waals surface area contributed by atoms with Gasteiger partial charge in [-0.1, -0.05) is 25.2 Å². The lowest BCUT2D eigenvalue weighted by Gasteiger charge is -1.67. The van der Waals surface area contributed by atoms with Gasteiger partial charge in [-0.2, -0.15) is 0 Å². The van der Waals surface area contributed by atoms with E-state index in [1.807, 2.05) is 0 Å². The third kappa shape index (κ3) is 9.90. The van der Waals surface area contributed by atoms with E-state index in [4.69, 9.17) is 0 Å². The summed E-state index contributed by atoms with van der Waals surface area (Å²) in [6.07, 6.45) is 0. The lowest BCUT2D eigenvalue weighted by molar-refractivity contribution is 5.66. The molecular formula is H4P2S2. The second kappa shape index (κ2) is 2.66. The van der Waals surface area contributed by atoms with Crippen LogP contribution in [0.25, 0.3) is 0 Å². The van der Waals surface area contributed by atoms with Crippen molar-refractivity contribution < 1.29 is 0 Å². The van der Waals surface area contributed by atoms with Crippen LogP contribution in [0.1, 0.15) is 0 Å². The Morgan fingerprint density at radius 3 is 2.00 bits per heavy atom. The Balaban J connectivity index is 2.80. The molecule has 0 heterocycles. The van der Waals surface area contributed by atoms with E-state index in [9.17, 15) is 0 Å². The summed E-state index contributed by atoms with van der Waals surface area (Å²) in [5.41, 5.74) is 0. The Kier molecular flexibility index (Phi) is 3.61. The maximum Gasteiger partial charge on any atom is -0.0676 e. The molecule has 0 saturated heterocycles. The van der Waals surface area contributed by atoms with Crippen LogP contribution in [0.4, 0.5) is 0 Å². The van der Waals surface area contributed by atoms with Crippen LogP contribution in [0.2, 0.25) is 0 Å². The maximum atomic E-state index is 3.87. The van der Waals surface area contributed by atoms with Gasteiger partial charge < -0.3 is 0 Å². The van der Waals surface area contributed by atoms with Gasteiger partial charge in [-0.3, -0.25) is 0 Å².